The van der Waals surface area contributed by atoms with E-state index in [-0.39, 0.29) is 45.1 Å². The quantitative estimate of drug-likeness (QED) is 0.467. The molecular weight excluding hydrogens is 444 g/mol. The zero-order valence-electron chi connectivity index (χ0n) is 20.7. The van der Waals surface area contributed by atoms with Crippen molar-refractivity contribution in [2.75, 3.05) is 0 Å². The van der Waals surface area contributed by atoms with Gasteiger partial charge in [0.25, 0.3) is 0 Å². The van der Waals surface area contributed by atoms with Crippen LogP contribution in [-0.2, 0) is 16.0 Å². The van der Waals surface area contributed by atoms with Gasteiger partial charge in [-0.05, 0) is 40.5 Å². The van der Waals surface area contributed by atoms with Crippen molar-refractivity contribution < 1.29 is 19.8 Å². The monoisotopic (exact) mass is 478 g/mol. The first-order valence-electron chi connectivity index (χ1n) is 12.0. The SMILES string of the molecule is CCc1ccc(-c2ccc(C(C3=C(O)CC(C)(C)CC3=O)C3=C(O)CC(C)(C)CC3=O)s2)cc1. The van der Waals surface area contributed by atoms with E-state index < -0.39 is 5.92 Å². The lowest BCUT2D eigenvalue weighted by Crippen LogP contribution is -2.33. The minimum atomic E-state index is -0.749. The zero-order chi connectivity index (χ0) is 24.8. The number of benzene rings is 1. The van der Waals surface area contributed by atoms with Gasteiger partial charge in [0.05, 0.1) is 5.92 Å². The van der Waals surface area contributed by atoms with Gasteiger partial charge in [0, 0.05) is 46.6 Å². The van der Waals surface area contributed by atoms with Crippen molar-refractivity contribution in [2.45, 2.75) is 72.6 Å². The van der Waals surface area contributed by atoms with Crippen molar-refractivity contribution in [3.8, 4) is 10.4 Å². The molecule has 1 heterocycles. The fourth-order valence-electron chi connectivity index (χ4n) is 5.26. The molecule has 1 aromatic heterocycles. The Balaban J connectivity index is 1.85. The molecule has 1 aromatic carbocycles. The molecule has 5 heteroatoms. The van der Waals surface area contributed by atoms with E-state index in [1.165, 1.54) is 16.9 Å². The van der Waals surface area contributed by atoms with Crippen LogP contribution in [0.1, 0.15) is 76.7 Å². The highest BCUT2D eigenvalue weighted by Gasteiger charge is 2.44. The molecule has 0 fully saturated rings. The highest BCUT2D eigenvalue weighted by Crippen LogP contribution is 2.49. The summed E-state index contributed by atoms with van der Waals surface area (Å²) in [6.45, 7) is 9.96. The van der Waals surface area contributed by atoms with Crippen LogP contribution >= 0.6 is 11.3 Å². The van der Waals surface area contributed by atoms with Crippen molar-refractivity contribution in [3.05, 3.63) is 69.5 Å². The first kappa shape index (κ1) is 24.5. The smallest absolute Gasteiger partial charge is 0.163 e. The Morgan fingerprint density at radius 3 is 1.74 bits per heavy atom. The molecule has 0 saturated heterocycles. The van der Waals surface area contributed by atoms with E-state index in [4.69, 9.17) is 0 Å². The number of Topliss-reactive ketones (excluding diaryl/α,β-unsaturated/α-hetero) is 2. The fraction of sp³-hybridized carbons (Fsp3) is 0.448. The molecule has 0 amide bonds. The molecule has 2 aromatic rings. The number of allylic oxidation sites excluding steroid dienone is 4. The van der Waals surface area contributed by atoms with Crippen LogP contribution in [0.2, 0.25) is 0 Å². The molecule has 2 aliphatic rings. The van der Waals surface area contributed by atoms with Gasteiger partial charge in [-0.15, -0.1) is 11.3 Å². The molecule has 4 nitrogen and oxygen atoms in total. The summed E-state index contributed by atoms with van der Waals surface area (Å²) in [5.41, 5.74) is 2.18. The van der Waals surface area contributed by atoms with Crippen LogP contribution in [0.25, 0.3) is 10.4 Å². The minimum absolute atomic E-state index is 0.0337. The largest absolute Gasteiger partial charge is 0.512 e. The maximum atomic E-state index is 13.3. The molecule has 0 radical (unpaired) electrons. The molecule has 0 atom stereocenters. The van der Waals surface area contributed by atoms with Crippen LogP contribution in [0.3, 0.4) is 0 Å². The number of carbonyl (C=O) groups excluding carboxylic acids is 2. The lowest BCUT2D eigenvalue weighted by Gasteiger charge is -2.36. The van der Waals surface area contributed by atoms with Crippen LogP contribution in [0.15, 0.2) is 59.1 Å². The van der Waals surface area contributed by atoms with E-state index in [9.17, 15) is 19.8 Å². The number of rotatable bonds is 5. The number of hydrogen-bond acceptors (Lipinski definition) is 5. The molecule has 34 heavy (non-hydrogen) atoms. The molecule has 0 bridgehead atoms. The summed E-state index contributed by atoms with van der Waals surface area (Å²) in [4.78, 5) is 28.5. The lowest BCUT2D eigenvalue weighted by molar-refractivity contribution is -0.119. The van der Waals surface area contributed by atoms with Crippen LogP contribution in [-0.4, -0.2) is 21.8 Å². The maximum absolute atomic E-state index is 13.3. The number of carbonyl (C=O) groups is 2. The van der Waals surface area contributed by atoms with Crippen molar-refractivity contribution >= 4 is 22.9 Å². The van der Waals surface area contributed by atoms with Crippen molar-refractivity contribution in [1.29, 1.82) is 0 Å². The molecule has 0 aliphatic heterocycles. The number of hydrogen-bond donors (Lipinski definition) is 2. The molecule has 4 rings (SSSR count). The van der Waals surface area contributed by atoms with E-state index >= 15 is 0 Å². The summed E-state index contributed by atoms with van der Waals surface area (Å²) in [6, 6.07) is 12.3. The number of aliphatic hydroxyl groups excluding tert-OH is 2. The zero-order valence-corrected chi connectivity index (χ0v) is 21.5. The summed E-state index contributed by atoms with van der Waals surface area (Å²) in [5, 5.41) is 22.1. The topological polar surface area (TPSA) is 74.6 Å². The Morgan fingerprint density at radius 1 is 0.794 bits per heavy atom. The summed E-state index contributed by atoms with van der Waals surface area (Å²) >= 11 is 1.51. The molecule has 2 aliphatic carbocycles. The Kier molecular flexibility index (Phi) is 6.36. The van der Waals surface area contributed by atoms with Crippen molar-refractivity contribution in [3.63, 3.8) is 0 Å². The first-order chi connectivity index (χ1) is 15.9. The van der Waals surface area contributed by atoms with Crippen LogP contribution in [0.5, 0.6) is 0 Å². The second-order valence-electron chi connectivity index (χ2n) is 11.3. The van der Waals surface area contributed by atoms with Crippen molar-refractivity contribution in [2.24, 2.45) is 10.8 Å². The van der Waals surface area contributed by atoms with Gasteiger partial charge in [-0.2, -0.15) is 0 Å². The molecule has 0 unspecified atom stereocenters. The molecular formula is C29H34O4S. The van der Waals surface area contributed by atoms with Crippen molar-refractivity contribution in [1.82, 2.24) is 0 Å². The Hall–Kier alpha value is -2.66. The number of thiophene rings is 1. The Bertz CT molecular complexity index is 1140. The van der Waals surface area contributed by atoms with E-state index in [0.29, 0.717) is 25.7 Å². The molecule has 180 valence electrons. The number of ketones is 2. The van der Waals surface area contributed by atoms with Crippen LogP contribution < -0.4 is 0 Å². The van der Waals surface area contributed by atoms with E-state index in [1.54, 1.807) is 0 Å². The first-order valence-corrected chi connectivity index (χ1v) is 12.8. The van der Waals surface area contributed by atoms with Gasteiger partial charge >= 0.3 is 0 Å². The van der Waals surface area contributed by atoms with Gasteiger partial charge in [0.1, 0.15) is 11.5 Å². The Morgan fingerprint density at radius 2 is 1.29 bits per heavy atom. The fourth-order valence-corrected chi connectivity index (χ4v) is 6.39. The third-order valence-electron chi connectivity index (χ3n) is 6.93. The molecule has 0 saturated carbocycles. The predicted molar refractivity (Wildman–Crippen MR) is 137 cm³/mol. The van der Waals surface area contributed by atoms with Crippen LogP contribution in [0, 0.1) is 10.8 Å². The average molecular weight is 479 g/mol. The van der Waals surface area contributed by atoms with Gasteiger partial charge in [0.15, 0.2) is 11.6 Å². The van der Waals surface area contributed by atoms with Crippen LogP contribution in [0.4, 0.5) is 0 Å². The summed E-state index contributed by atoms with van der Waals surface area (Å²) in [5.74, 6) is -0.989. The van der Waals surface area contributed by atoms with Gasteiger partial charge in [-0.3, -0.25) is 9.59 Å². The highest BCUT2D eigenvalue weighted by molar-refractivity contribution is 7.15. The average Bonchev–Trinajstić information content (AvgIpc) is 3.19. The van der Waals surface area contributed by atoms with E-state index in [2.05, 4.69) is 31.2 Å². The highest BCUT2D eigenvalue weighted by atomic mass is 32.1. The predicted octanol–water partition coefficient (Wildman–Crippen LogP) is 7.46. The maximum Gasteiger partial charge on any atom is 0.163 e. The normalized spacial score (nSPS) is 20.4. The van der Waals surface area contributed by atoms with Gasteiger partial charge in [-0.25, -0.2) is 0 Å². The Labute approximate surface area is 206 Å². The third-order valence-corrected chi connectivity index (χ3v) is 8.13. The second-order valence-corrected chi connectivity index (χ2v) is 12.4. The lowest BCUT2D eigenvalue weighted by atomic mass is 9.68. The minimum Gasteiger partial charge on any atom is -0.512 e. The second kappa shape index (κ2) is 8.84. The van der Waals surface area contributed by atoms with Gasteiger partial charge in [-0.1, -0.05) is 58.9 Å². The van der Waals surface area contributed by atoms with Gasteiger partial charge < -0.3 is 10.2 Å². The third kappa shape index (κ3) is 4.76. The van der Waals surface area contributed by atoms with Gasteiger partial charge in [0.2, 0.25) is 0 Å². The van der Waals surface area contributed by atoms with E-state index in [0.717, 1.165) is 21.7 Å². The summed E-state index contributed by atoms with van der Waals surface area (Å²) < 4.78 is 0. The van der Waals surface area contributed by atoms with E-state index in [1.807, 2.05) is 39.8 Å². The number of aliphatic hydroxyl groups is 2. The molecule has 0 spiro atoms. The summed E-state index contributed by atoms with van der Waals surface area (Å²) in [7, 11) is 0. The number of aryl methyl sites for hydroxylation is 1. The standard InChI is InChI=1S/C29H34O4S/c1-6-17-7-9-18(10-8-17)23-11-12-24(34-23)27(25-19(30)13-28(2,3)14-20(25)31)26-21(32)15-29(4,5)16-22(26)33/h7-12,27,30,32H,6,13-16H2,1-5H3. The molecule has 2 N–H and O–H groups in total. The summed E-state index contributed by atoms with van der Waals surface area (Å²) in [6.07, 6.45) is 2.31.